The Bertz CT molecular complexity index is 991. The largest absolute Gasteiger partial charge is 0.342 e. The van der Waals surface area contributed by atoms with Crippen molar-refractivity contribution in [2.24, 2.45) is 5.92 Å². The molecule has 7 nitrogen and oxygen atoms in total. The number of carbonyl (C=O) groups is 2. The van der Waals surface area contributed by atoms with Gasteiger partial charge in [-0.3, -0.25) is 14.2 Å². The van der Waals surface area contributed by atoms with E-state index in [0.29, 0.717) is 30.4 Å². The molecule has 3 heterocycles. The highest BCUT2D eigenvalue weighted by atomic mass is 35.5. The fraction of sp³-hybridized carbons (Fsp3) is 0.545. The third-order valence-corrected chi connectivity index (χ3v) is 6.72. The third kappa shape index (κ3) is 3.49. The summed E-state index contributed by atoms with van der Waals surface area (Å²) in [6, 6.07) is 5.81. The maximum atomic E-state index is 12.5. The van der Waals surface area contributed by atoms with Crippen LogP contribution in [0.3, 0.4) is 0 Å². The van der Waals surface area contributed by atoms with Crippen molar-refractivity contribution < 1.29 is 9.59 Å². The van der Waals surface area contributed by atoms with Crippen LogP contribution in [0.2, 0.25) is 5.02 Å². The number of nitrogens with zero attached hydrogens (tertiary/aromatic N) is 5. The van der Waals surface area contributed by atoms with Crippen molar-refractivity contribution in [2.75, 3.05) is 13.1 Å². The minimum Gasteiger partial charge on any atom is -0.342 e. The van der Waals surface area contributed by atoms with Gasteiger partial charge in [0.1, 0.15) is 5.82 Å². The summed E-state index contributed by atoms with van der Waals surface area (Å²) in [7, 11) is 0. The van der Waals surface area contributed by atoms with Crippen LogP contribution in [0.25, 0.3) is 5.69 Å². The first-order valence-electron chi connectivity index (χ1n) is 10.8. The number of likely N-dealkylation sites (tertiary alicyclic amines) is 1. The molecule has 3 aliphatic rings. The van der Waals surface area contributed by atoms with E-state index in [0.717, 1.165) is 61.7 Å². The van der Waals surface area contributed by atoms with Gasteiger partial charge in [-0.15, -0.1) is 10.2 Å². The Morgan fingerprint density at radius 1 is 1.07 bits per heavy atom. The van der Waals surface area contributed by atoms with Gasteiger partial charge in [-0.1, -0.05) is 18.5 Å². The van der Waals surface area contributed by atoms with Gasteiger partial charge in [-0.2, -0.15) is 0 Å². The molecule has 1 aromatic heterocycles. The maximum Gasteiger partial charge on any atom is 0.225 e. The molecular weight excluding hydrogens is 402 g/mol. The molecule has 0 unspecified atom stereocenters. The Balaban J connectivity index is 1.46. The van der Waals surface area contributed by atoms with Crippen molar-refractivity contribution in [1.82, 2.24) is 24.6 Å². The summed E-state index contributed by atoms with van der Waals surface area (Å²) in [5.41, 5.74) is 2.00. The Labute approximate surface area is 181 Å². The van der Waals surface area contributed by atoms with Gasteiger partial charge in [0, 0.05) is 42.9 Å². The van der Waals surface area contributed by atoms with E-state index in [2.05, 4.69) is 14.8 Å². The first-order valence-corrected chi connectivity index (χ1v) is 11.2. The van der Waals surface area contributed by atoms with E-state index in [1.54, 1.807) is 0 Å². The number of rotatable bonds is 3. The first-order chi connectivity index (χ1) is 14.5. The van der Waals surface area contributed by atoms with Crippen molar-refractivity contribution >= 4 is 23.4 Å². The zero-order chi connectivity index (χ0) is 20.8. The van der Waals surface area contributed by atoms with Gasteiger partial charge < -0.3 is 9.80 Å². The second-order valence-electron chi connectivity index (χ2n) is 8.56. The quantitative estimate of drug-likeness (QED) is 0.753. The number of halogens is 1. The van der Waals surface area contributed by atoms with Gasteiger partial charge >= 0.3 is 0 Å². The molecule has 1 aliphatic carbocycles. The SMILES string of the molecule is CCC(=O)N1Cc2cc(Cl)ccc2-n2c(nnc2C2CCN(C(=O)C3CC3)CC2)C1. The minimum atomic E-state index is 0.0887. The Hall–Kier alpha value is -2.41. The van der Waals surface area contributed by atoms with Crippen LogP contribution in [0.5, 0.6) is 0 Å². The standard InChI is InChI=1S/C22H26ClN5O2/c1-2-20(29)27-12-16-11-17(23)5-6-18(16)28-19(13-27)24-25-21(28)14-7-9-26(10-8-14)22(30)15-3-4-15/h5-6,11,14-15H,2-4,7-10,12-13H2,1H3. The number of fused-ring (bicyclic) bond motifs is 3. The molecule has 1 saturated carbocycles. The van der Waals surface area contributed by atoms with Crippen molar-refractivity contribution in [2.45, 2.75) is 58.0 Å². The molecule has 30 heavy (non-hydrogen) atoms. The Morgan fingerprint density at radius 2 is 1.83 bits per heavy atom. The fourth-order valence-electron chi connectivity index (χ4n) is 4.64. The van der Waals surface area contributed by atoms with Crippen molar-refractivity contribution in [1.29, 1.82) is 0 Å². The zero-order valence-corrected chi connectivity index (χ0v) is 17.9. The number of carbonyl (C=O) groups excluding carboxylic acids is 2. The minimum absolute atomic E-state index is 0.0887. The normalized spacial score (nSPS) is 19.3. The van der Waals surface area contributed by atoms with Crippen LogP contribution in [0.15, 0.2) is 18.2 Å². The van der Waals surface area contributed by atoms with Crippen LogP contribution in [-0.4, -0.2) is 49.5 Å². The summed E-state index contributed by atoms with van der Waals surface area (Å²) in [4.78, 5) is 28.7. The van der Waals surface area contributed by atoms with Crippen LogP contribution >= 0.6 is 11.6 Å². The van der Waals surface area contributed by atoms with E-state index in [9.17, 15) is 9.59 Å². The highest BCUT2D eigenvalue weighted by Gasteiger charge is 2.36. The van der Waals surface area contributed by atoms with E-state index in [1.807, 2.05) is 34.9 Å². The monoisotopic (exact) mass is 427 g/mol. The van der Waals surface area contributed by atoms with Crippen LogP contribution in [0.1, 0.15) is 62.2 Å². The summed E-state index contributed by atoms with van der Waals surface area (Å²) < 4.78 is 2.12. The van der Waals surface area contributed by atoms with Gasteiger partial charge in [0.25, 0.3) is 0 Å². The van der Waals surface area contributed by atoms with E-state index < -0.39 is 0 Å². The van der Waals surface area contributed by atoms with Crippen molar-refractivity contribution in [3.05, 3.63) is 40.4 Å². The van der Waals surface area contributed by atoms with Crippen LogP contribution in [0.4, 0.5) is 0 Å². The molecule has 0 atom stereocenters. The molecule has 0 bridgehead atoms. The Kier molecular flexibility index (Phi) is 5.01. The van der Waals surface area contributed by atoms with Gasteiger partial charge in [0.2, 0.25) is 11.8 Å². The van der Waals surface area contributed by atoms with Gasteiger partial charge in [-0.25, -0.2) is 0 Å². The van der Waals surface area contributed by atoms with E-state index in [1.165, 1.54) is 0 Å². The number of benzene rings is 1. The van der Waals surface area contributed by atoms with E-state index in [4.69, 9.17) is 11.6 Å². The highest BCUT2D eigenvalue weighted by Crippen LogP contribution is 2.36. The molecule has 2 amide bonds. The summed E-state index contributed by atoms with van der Waals surface area (Å²) in [6.45, 7) is 4.37. The molecular formula is C22H26ClN5O2. The number of aromatic nitrogens is 3. The molecule has 0 radical (unpaired) electrons. The van der Waals surface area contributed by atoms with E-state index in [-0.39, 0.29) is 17.7 Å². The predicted octanol–water partition coefficient (Wildman–Crippen LogP) is 3.29. The molecule has 5 rings (SSSR count). The smallest absolute Gasteiger partial charge is 0.225 e. The maximum absolute atomic E-state index is 12.5. The molecule has 2 aliphatic heterocycles. The molecule has 158 valence electrons. The van der Waals surface area contributed by atoms with Crippen LogP contribution in [0, 0.1) is 5.92 Å². The average Bonchev–Trinajstić information content (AvgIpc) is 3.55. The first kappa shape index (κ1) is 19.5. The van der Waals surface area contributed by atoms with Crippen LogP contribution in [-0.2, 0) is 22.7 Å². The summed E-state index contributed by atoms with van der Waals surface area (Å²) >= 11 is 6.28. The molecule has 1 aromatic carbocycles. The predicted molar refractivity (Wildman–Crippen MR) is 112 cm³/mol. The molecule has 1 saturated heterocycles. The lowest BCUT2D eigenvalue weighted by Gasteiger charge is -2.32. The van der Waals surface area contributed by atoms with E-state index >= 15 is 0 Å². The van der Waals surface area contributed by atoms with Crippen molar-refractivity contribution in [3.63, 3.8) is 0 Å². The van der Waals surface area contributed by atoms with Crippen LogP contribution < -0.4 is 0 Å². The lowest BCUT2D eigenvalue weighted by Crippen LogP contribution is -2.39. The molecule has 2 aromatic rings. The molecule has 2 fully saturated rings. The molecule has 0 spiro atoms. The molecule has 0 N–H and O–H groups in total. The van der Waals surface area contributed by atoms with Gasteiger partial charge in [0.05, 0.1) is 12.2 Å². The second kappa shape index (κ2) is 7.69. The number of hydrogen-bond donors (Lipinski definition) is 0. The number of piperidine rings is 1. The van der Waals surface area contributed by atoms with Gasteiger partial charge in [-0.05, 0) is 49.4 Å². The van der Waals surface area contributed by atoms with Gasteiger partial charge in [0.15, 0.2) is 5.82 Å². The Morgan fingerprint density at radius 3 is 2.53 bits per heavy atom. The lowest BCUT2D eigenvalue weighted by atomic mass is 9.95. The summed E-state index contributed by atoms with van der Waals surface area (Å²) in [6.07, 6.45) is 4.31. The number of amides is 2. The summed E-state index contributed by atoms with van der Waals surface area (Å²) in [5, 5.41) is 9.69. The number of hydrogen-bond acceptors (Lipinski definition) is 4. The average molecular weight is 428 g/mol. The topological polar surface area (TPSA) is 71.3 Å². The summed E-state index contributed by atoms with van der Waals surface area (Å²) in [5.74, 6) is 2.63. The molecule has 8 heteroatoms. The van der Waals surface area contributed by atoms with Crippen molar-refractivity contribution in [3.8, 4) is 5.69 Å². The lowest BCUT2D eigenvalue weighted by molar-refractivity contribution is -0.133. The third-order valence-electron chi connectivity index (χ3n) is 6.48. The second-order valence-corrected chi connectivity index (χ2v) is 9.00. The zero-order valence-electron chi connectivity index (χ0n) is 17.2. The highest BCUT2D eigenvalue weighted by molar-refractivity contribution is 6.30. The fourth-order valence-corrected chi connectivity index (χ4v) is 4.83.